The van der Waals surface area contributed by atoms with Crippen LogP contribution in [0.15, 0.2) is 54.6 Å². The average molecular weight is 375 g/mol. The van der Waals surface area contributed by atoms with Crippen molar-refractivity contribution in [2.45, 2.75) is 13.3 Å². The number of nitrogens with zero attached hydrogens (tertiary/aromatic N) is 3. The molecule has 3 aromatic rings. The van der Waals surface area contributed by atoms with Gasteiger partial charge in [0.05, 0.1) is 11.3 Å². The van der Waals surface area contributed by atoms with Gasteiger partial charge in [0.2, 0.25) is 5.95 Å². The van der Waals surface area contributed by atoms with Gasteiger partial charge < -0.3 is 10.6 Å². The van der Waals surface area contributed by atoms with Gasteiger partial charge >= 0.3 is 0 Å². The van der Waals surface area contributed by atoms with Crippen LogP contribution in [0.1, 0.15) is 27.3 Å². The van der Waals surface area contributed by atoms with Crippen molar-refractivity contribution in [3.05, 3.63) is 82.9 Å². The molecule has 0 radical (unpaired) electrons. The number of hydrogen-bond acceptors (Lipinski definition) is 5. The van der Waals surface area contributed by atoms with Crippen LogP contribution in [0.25, 0.3) is 0 Å². The van der Waals surface area contributed by atoms with Crippen molar-refractivity contribution in [3.8, 4) is 6.07 Å². The van der Waals surface area contributed by atoms with Crippen molar-refractivity contribution in [3.63, 3.8) is 0 Å². The zero-order valence-corrected chi connectivity index (χ0v) is 15.2. The van der Waals surface area contributed by atoms with Crippen molar-refractivity contribution >= 4 is 17.5 Å². The number of benzene rings is 2. The fraction of sp³-hybridized carbons (Fsp3) is 0.143. The fourth-order valence-electron chi connectivity index (χ4n) is 2.65. The third-order valence-corrected chi connectivity index (χ3v) is 4.02. The molecule has 7 heteroatoms. The zero-order chi connectivity index (χ0) is 19.9. The Morgan fingerprint density at radius 1 is 1.14 bits per heavy atom. The van der Waals surface area contributed by atoms with Gasteiger partial charge in [0.15, 0.2) is 0 Å². The number of rotatable bonds is 6. The van der Waals surface area contributed by atoms with Crippen molar-refractivity contribution < 1.29 is 9.18 Å². The van der Waals surface area contributed by atoms with Crippen LogP contribution in [-0.2, 0) is 6.42 Å². The molecule has 0 unspecified atom stereocenters. The van der Waals surface area contributed by atoms with Crippen LogP contribution in [-0.4, -0.2) is 22.4 Å². The molecule has 0 spiro atoms. The van der Waals surface area contributed by atoms with E-state index in [0.29, 0.717) is 28.9 Å². The Kier molecular flexibility index (Phi) is 5.92. The molecule has 1 heterocycles. The van der Waals surface area contributed by atoms with Crippen LogP contribution in [0.2, 0.25) is 0 Å². The van der Waals surface area contributed by atoms with E-state index in [1.165, 1.54) is 6.07 Å². The molecule has 0 aliphatic rings. The summed E-state index contributed by atoms with van der Waals surface area (Å²) >= 11 is 0. The minimum atomic E-state index is -0.376. The highest BCUT2D eigenvalue weighted by Crippen LogP contribution is 2.18. The second-order valence-electron chi connectivity index (χ2n) is 6.10. The van der Waals surface area contributed by atoms with E-state index in [4.69, 9.17) is 0 Å². The first-order valence-electron chi connectivity index (χ1n) is 8.70. The van der Waals surface area contributed by atoms with Gasteiger partial charge in [-0.05, 0) is 43.2 Å². The van der Waals surface area contributed by atoms with Gasteiger partial charge in [-0.1, -0.05) is 30.3 Å². The van der Waals surface area contributed by atoms with E-state index in [9.17, 15) is 14.4 Å². The maximum absolute atomic E-state index is 13.6. The third kappa shape index (κ3) is 4.68. The number of aryl methyl sites for hydroxylation is 1. The van der Waals surface area contributed by atoms with Gasteiger partial charge in [0, 0.05) is 12.2 Å². The minimum Gasteiger partial charge on any atom is -0.350 e. The molecule has 3 rings (SSSR count). The van der Waals surface area contributed by atoms with Crippen LogP contribution in [0.3, 0.4) is 0 Å². The molecule has 140 valence electrons. The molecular formula is C21H18FN5O. The first kappa shape index (κ1) is 19.0. The predicted octanol–water partition coefficient (Wildman–Crippen LogP) is 3.51. The maximum atomic E-state index is 13.6. The monoisotopic (exact) mass is 375 g/mol. The Bertz CT molecular complexity index is 1040. The summed E-state index contributed by atoms with van der Waals surface area (Å²) in [6, 6.07) is 17.1. The maximum Gasteiger partial charge on any atom is 0.270 e. The highest BCUT2D eigenvalue weighted by atomic mass is 19.1. The summed E-state index contributed by atoms with van der Waals surface area (Å²) in [7, 11) is 0. The Balaban J connectivity index is 1.69. The van der Waals surface area contributed by atoms with Crippen LogP contribution in [0.5, 0.6) is 0 Å². The van der Waals surface area contributed by atoms with E-state index < -0.39 is 0 Å². The molecule has 0 saturated carbocycles. The van der Waals surface area contributed by atoms with E-state index in [1.54, 1.807) is 55.5 Å². The van der Waals surface area contributed by atoms with Gasteiger partial charge in [-0.3, -0.25) is 4.79 Å². The van der Waals surface area contributed by atoms with Crippen molar-refractivity contribution in [1.82, 2.24) is 15.3 Å². The number of carbonyl (C=O) groups is 1. The summed E-state index contributed by atoms with van der Waals surface area (Å²) < 4.78 is 13.6. The lowest BCUT2D eigenvalue weighted by molar-refractivity contribution is 0.0949. The molecule has 1 aromatic heterocycles. The molecule has 2 N–H and O–H groups in total. The predicted molar refractivity (Wildman–Crippen MR) is 104 cm³/mol. The standard InChI is InChI=1S/C21H18FN5O/c1-14-12-19(20(28)24-11-10-15-6-2-4-8-17(15)22)27-21(25-14)26-18-9-5-3-7-16(18)13-23/h2-9,12H,10-11H2,1H3,(H,24,28)(H,25,26,27). The summed E-state index contributed by atoms with van der Waals surface area (Å²) in [6.07, 6.45) is 0.378. The lowest BCUT2D eigenvalue weighted by Gasteiger charge is -2.10. The molecule has 6 nitrogen and oxygen atoms in total. The smallest absolute Gasteiger partial charge is 0.270 e. The largest absolute Gasteiger partial charge is 0.350 e. The van der Waals surface area contributed by atoms with Gasteiger partial charge in [0.25, 0.3) is 5.91 Å². The number of aromatic nitrogens is 2. The second kappa shape index (κ2) is 8.73. The molecular weight excluding hydrogens is 357 g/mol. The quantitative estimate of drug-likeness (QED) is 0.688. The molecule has 0 aliphatic heterocycles. The van der Waals surface area contributed by atoms with Crippen LogP contribution < -0.4 is 10.6 Å². The second-order valence-corrected chi connectivity index (χ2v) is 6.10. The Labute approximate surface area is 162 Å². The van der Waals surface area contributed by atoms with E-state index in [-0.39, 0.29) is 29.9 Å². The molecule has 2 aromatic carbocycles. The first-order valence-corrected chi connectivity index (χ1v) is 8.70. The Morgan fingerprint density at radius 3 is 2.68 bits per heavy atom. The molecule has 0 aliphatic carbocycles. The van der Waals surface area contributed by atoms with Gasteiger partial charge in [-0.2, -0.15) is 5.26 Å². The van der Waals surface area contributed by atoms with E-state index in [0.717, 1.165) is 0 Å². The number of nitriles is 1. The summed E-state index contributed by atoms with van der Waals surface area (Å²) in [5, 5.41) is 14.9. The molecule has 0 bridgehead atoms. The number of para-hydroxylation sites is 1. The molecule has 0 fully saturated rings. The first-order chi connectivity index (χ1) is 13.6. The molecule has 0 saturated heterocycles. The number of amides is 1. The Hall–Kier alpha value is -3.79. The highest BCUT2D eigenvalue weighted by molar-refractivity contribution is 5.92. The van der Waals surface area contributed by atoms with Crippen LogP contribution in [0.4, 0.5) is 16.0 Å². The summed E-state index contributed by atoms with van der Waals surface area (Å²) in [6.45, 7) is 2.03. The number of halogens is 1. The minimum absolute atomic E-state index is 0.193. The van der Waals surface area contributed by atoms with E-state index in [2.05, 4.69) is 26.7 Å². The van der Waals surface area contributed by atoms with Crippen molar-refractivity contribution in [2.75, 3.05) is 11.9 Å². The average Bonchev–Trinajstić information content (AvgIpc) is 2.69. The topological polar surface area (TPSA) is 90.7 Å². The third-order valence-electron chi connectivity index (χ3n) is 4.02. The van der Waals surface area contributed by atoms with Crippen molar-refractivity contribution in [2.24, 2.45) is 0 Å². The normalized spacial score (nSPS) is 10.2. The summed E-state index contributed by atoms with van der Waals surface area (Å²) in [4.78, 5) is 20.9. The Morgan fingerprint density at radius 2 is 1.89 bits per heavy atom. The van der Waals surface area contributed by atoms with Crippen LogP contribution in [0, 0.1) is 24.1 Å². The van der Waals surface area contributed by atoms with Crippen molar-refractivity contribution in [1.29, 1.82) is 5.26 Å². The summed E-state index contributed by atoms with van der Waals surface area (Å²) in [5.41, 5.74) is 2.34. The number of hydrogen-bond donors (Lipinski definition) is 2. The lowest BCUT2D eigenvalue weighted by atomic mass is 10.1. The van der Waals surface area contributed by atoms with E-state index in [1.807, 2.05) is 0 Å². The van der Waals surface area contributed by atoms with E-state index >= 15 is 0 Å². The van der Waals surface area contributed by atoms with Crippen LogP contribution >= 0.6 is 0 Å². The molecule has 0 atom stereocenters. The van der Waals surface area contributed by atoms with Gasteiger partial charge in [-0.25, -0.2) is 14.4 Å². The zero-order valence-electron chi connectivity index (χ0n) is 15.2. The highest BCUT2D eigenvalue weighted by Gasteiger charge is 2.12. The van der Waals surface area contributed by atoms with Gasteiger partial charge in [-0.15, -0.1) is 0 Å². The SMILES string of the molecule is Cc1cc(C(=O)NCCc2ccccc2F)nc(Nc2ccccc2C#N)n1. The number of carbonyl (C=O) groups excluding carboxylic acids is 1. The fourth-order valence-corrected chi connectivity index (χ4v) is 2.65. The summed E-state index contributed by atoms with van der Waals surface area (Å²) in [5.74, 6) is -0.447. The van der Waals surface area contributed by atoms with Gasteiger partial charge in [0.1, 0.15) is 17.6 Å². The number of nitrogens with one attached hydrogen (secondary N) is 2. The lowest BCUT2D eigenvalue weighted by Crippen LogP contribution is -2.27. The molecule has 28 heavy (non-hydrogen) atoms. The number of anilines is 2. The molecule has 1 amide bonds.